The summed E-state index contributed by atoms with van der Waals surface area (Å²) in [4.78, 5) is 2.23. The zero-order valence-electron chi connectivity index (χ0n) is 6.94. The van der Waals surface area contributed by atoms with Crippen molar-refractivity contribution < 1.29 is 0 Å². The summed E-state index contributed by atoms with van der Waals surface area (Å²) in [6.45, 7) is 6.17. The van der Waals surface area contributed by atoms with Crippen LogP contribution in [0.15, 0.2) is 11.8 Å². The average Bonchev–Trinajstić information content (AvgIpc) is 1.64. The summed E-state index contributed by atoms with van der Waals surface area (Å²) in [7, 11) is 5.34. The van der Waals surface area contributed by atoms with Gasteiger partial charge in [-0.15, -0.1) is 6.58 Å². The summed E-state index contributed by atoms with van der Waals surface area (Å²) < 4.78 is 0. The van der Waals surface area contributed by atoms with Gasteiger partial charge in [0.2, 0.25) is 0 Å². The van der Waals surface area contributed by atoms with Crippen LogP contribution in [-0.2, 0) is 0 Å². The van der Waals surface area contributed by atoms with Crippen molar-refractivity contribution >= 4 is 10.2 Å². The lowest BCUT2D eigenvalue weighted by atomic mass is 10.2. The van der Waals surface area contributed by atoms with Crippen LogP contribution in [0.2, 0.25) is 0 Å². The summed E-state index contributed by atoms with van der Waals surface area (Å²) in [5.74, 6) is 0. The van der Waals surface area contributed by atoms with Gasteiger partial charge in [0.05, 0.1) is 0 Å². The smallest absolute Gasteiger partial charge is 0.0345 e. The predicted octanol–water partition coefficient (Wildman–Crippen LogP) is 0.206. The molecule has 0 fully saturated rings. The Morgan fingerprint density at radius 2 is 2.11 bits per heavy atom. The minimum Gasteiger partial charge on any atom is -0.303 e. The van der Waals surface area contributed by atoms with Crippen LogP contribution in [0.5, 0.6) is 0 Å². The number of hydrogen-bond donors (Lipinski definition) is 0. The number of rotatable bonds is 3. The molecule has 0 aliphatic heterocycles. The molecule has 0 saturated heterocycles. The van der Waals surface area contributed by atoms with E-state index >= 15 is 0 Å². The fraction of sp³-hybridized carbons (Fsp3) is 0.714. The van der Waals surface area contributed by atoms with E-state index < -0.39 is 0 Å². The molecule has 1 atom stereocenters. The van der Waals surface area contributed by atoms with Gasteiger partial charge in [-0.2, -0.15) is 0 Å². The molecule has 0 aromatic rings. The molecule has 0 amide bonds. The maximum absolute atomic E-state index is 3.97. The molecular formula is C7H17NSi. The molecule has 0 bridgehead atoms. The number of hydrogen-bond acceptors (Lipinski definition) is 1. The van der Waals surface area contributed by atoms with Gasteiger partial charge in [0.1, 0.15) is 0 Å². The fourth-order valence-electron chi connectivity index (χ4n) is 1.15. The third-order valence-corrected chi connectivity index (χ3v) is 2.25. The Labute approximate surface area is 61.2 Å². The van der Waals surface area contributed by atoms with E-state index in [1.165, 1.54) is 11.6 Å². The van der Waals surface area contributed by atoms with Crippen molar-refractivity contribution in [3.63, 3.8) is 0 Å². The molecule has 1 unspecified atom stereocenters. The van der Waals surface area contributed by atoms with Crippen LogP contribution < -0.4 is 0 Å². The molecule has 9 heavy (non-hydrogen) atoms. The lowest BCUT2D eigenvalue weighted by Crippen LogP contribution is -2.28. The van der Waals surface area contributed by atoms with E-state index in [1.54, 1.807) is 0 Å². The summed E-state index contributed by atoms with van der Waals surface area (Å²) >= 11 is 0. The zero-order chi connectivity index (χ0) is 7.44. The molecule has 0 aliphatic rings. The van der Waals surface area contributed by atoms with Crippen LogP contribution in [0, 0.1) is 0 Å². The van der Waals surface area contributed by atoms with Gasteiger partial charge in [0, 0.05) is 16.3 Å². The molecule has 0 spiro atoms. The maximum Gasteiger partial charge on any atom is 0.0345 e. The van der Waals surface area contributed by atoms with Gasteiger partial charge in [-0.25, -0.2) is 0 Å². The van der Waals surface area contributed by atoms with E-state index in [0.29, 0.717) is 6.04 Å². The third-order valence-electron chi connectivity index (χ3n) is 1.58. The average molecular weight is 143 g/mol. The quantitative estimate of drug-likeness (QED) is 0.510. The van der Waals surface area contributed by atoms with Crippen molar-refractivity contribution in [2.75, 3.05) is 14.1 Å². The van der Waals surface area contributed by atoms with Crippen LogP contribution in [0.3, 0.4) is 0 Å². The first kappa shape index (κ1) is 8.92. The Kier molecular flexibility index (Phi) is 3.82. The van der Waals surface area contributed by atoms with Crippen LogP contribution in [0.1, 0.15) is 13.3 Å². The molecule has 0 N–H and O–H groups in total. The lowest BCUT2D eigenvalue weighted by Gasteiger charge is -2.22. The van der Waals surface area contributed by atoms with Gasteiger partial charge >= 0.3 is 0 Å². The zero-order valence-corrected chi connectivity index (χ0v) is 8.94. The maximum atomic E-state index is 3.97. The molecule has 0 heterocycles. The minimum atomic E-state index is 0.622. The van der Waals surface area contributed by atoms with Crippen molar-refractivity contribution in [3.8, 4) is 0 Å². The molecule has 1 nitrogen and oxygen atoms in total. The van der Waals surface area contributed by atoms with E-state index in [2.05, 4.69) is 32.5 Å². The van der Waals surface area contributed by atoms with E-state index in [0.717, 1.165) is 10.2 Å². The fourth-order valence-corrected chi connectivity index (χ4v) is 2.08. The summed E-state index contributed by atoms with van der Waals surface area (Å²) in [6, 6.07) is 0.622. The minimum absolute atomic E-state index is 0.622. The molecule has 0 rings (SSSR count). The van der Waals surface area contributed by atoms with Crippen LogP contribution in [0.25, 0.3) is 0 Å². The number of likely N-dealkylation sites (N-methyl/N-ethyl adjacent to an activating group) is 1. The Hall–Kier alpha value is -0.0831. The normalized spacial score (nSPS) is 14.2. The monoisotopic (exact) mass is 143 g/mol. The van der Waals surface area contributed by atoms with Gasteiger partial charge in [0.25, 0.3) is 0 Å². The Bertz CT molecular complexity index is 99.1. The first-order valence-electron chi connectivity index (χ1n) is 3.41. The topological polar surface area (TPSA) is 3.24 Å². The molecule has 2 heteroatoms. The Morgan fingerprint density at radius 3 is 2.11 bits per heavy atom. The SMILES string of the molecule is C=C([SiH3])C(CC)N(C)C. The van der Waals surface area contributed by atoms with Crippen molar-refractivity contribution in [1.82, 2.24) is 4.90 Å². The number of nitrogens with zero attached hydrogens (tertiary/aromatic N) is 1. The van der Waals surface area contributed by atoms with E-state index in [4.69, 9.17) is 0 Å². The molecule has 0 aromatic carbocycles. The molecule has 0 radical (unpaired) electrons. The summed E-state index contributed by atoms with van der Waals surface area (Å²) in [5.41, 5.74) is 0. The predicted molar refractivity (Wildman–Crippen MR) is 46.8 cm³/mol. The largest absolute Gasteiger partial charge is 0.303 e. The molecule has 0 aromatic heterocycles. The first-order chi connectivity index (χ1) is 4.09. The van der Waals surface area contributed by atoms with Gasteiger partial charge in [0.15, 0.2) is 0 Å². The van der Waals surface area contributed by atoms with Crippen molar-refractivity contribution in [2.45, 2.75) is 19.4 Å². The summed E-state index contributed by atoms with van der Waals surface area (Å²) in [6.07, 6.45) is 1.19. The third kappa shape index (κ3) is 2.82. The highest BCUT2D eigenvalue weighted by atomic mass is 28.1. The molecule has 54 valence electrons. The Balaban J connectivity index is 3.83. The molecule has 0 saturated carbocycles. The standard InChI is InChI=1S/C7H17NSi/c1-5-7(6(2)9)8(3)4/h7H,2,5H2,1,3-4,9H3. The summed E-state index contributed by atoms with van der Waals surface area (Å²) in [5, 5.41) is 1.39. The van der Waals surface area contributed by atoms with Gasteiger partial charge in [-0.3, -0.25) is 0 Å². The second-order valence-electron chi connectivity index (χ2n) is 2.73. The highest BCUT2D eigenvalue weighted by molar-refractivity contribution is 6.21. The highest BCUT2D eigenvalue weighted by Gasteiger charge is 2.06. The first-order valence-corrected chi connectivity index (χ1v) is 4.41. The van der Waals surface area contributed by atoms with E-state index in [9.17, 15) is 0 Å². The van der Waals surface area contributed by atoms with Crippen LogP contribution in [0.4, 0.5) is 0 Å². The second-order valence-corrected chi connectivity index (χ2v) is 4.02. The van der Waals surface area contributed by atoms with Crippen molar-refractivity contribution in [1.29, 1.82) is 0 Å². The van der Waals surface area contributed by atoms with Crippen molar-refractivity contribution in [3.05, 3.63) is 11.8 Å². The lowest BCUT2D eigenvalue weighted by molar-refractivity contribution is 0.332. The van der Waals surface area contributed by atoms with E-state index in [1.807, 2.05) is 0 Å². The Morgan fingerprint density at radius 1 is 1.67 bits per heavy atom. The molecule has 0 aliphatic carbocycles. The van der Waals surface area contributed by atoms with Crippen LogP contribution in [-0.4, -0.2) is 35.3 Å². The van der Waals surface area contributed by atoms with Gasteiger partial charge in [-0.05, 0) is 20.5 Å². The molecular weight excluding hydrogens is 126 g/mol. The second kappa shape index (κ2) is 3.85. The van der Waals surface area contributed by atoms with Crippen LogP contribution >= 0.6 is 0 Å². The highest BCUT2D eigenvalue weighted by Crippen LogP contribution is 2.04. The van der Waals surface area contributed by atoms with Gasteiger partial charge in [-0.1, -0.05) is 12.1 Å². The van der Waals surface area contributed by atoms with Crippen molar-refractivity contribution in [2.24, 2.45) is 0 Å². The van der Waals surface area contributed by atoms with Gasteiger partial charge < -0.3 is 4.90 Å². The van der Waals surface area contributed by atoms with E-state index in [-0.39, 0.29) is 0 Å².